The van der Waals surface area contributed by atoms with E-state index in [0.717, 1.165) is 22.3 Å². The van der Waals surface area contributed by atoms with Gasteiger partial charge in [0.05, 0.1) is 11.2 Å². The Morgan fingerprint density at radius 1 is 0.920 bits per heavy atom. The lowest BCUT2D eigenvalue weighted by Crippen LogP contribution is -2.41. The van der Waals surface area contributed by atoms with E-state index in [0.29, 0.717) is 0 Å². The first kappa shape index (κ1) is 18.0. The molecule has 0 bridgehead atoms. The Kier molecular flexibility index (Phi) is 4.69. The van der Waals surface area contributed by atoms with Crippen LogP contribution in [0.15, 0.2) is 48.5 Å². The van der Waals surface area contributed by atoms with E-state index >= 15 is 0 Å². The molecule has 1 heterocycles. The maximum Gasteiger partial charge on any atom is 0.495 e. The minimum atomic E-state index is -0.342. The Hall–Kier alpha value is -1.78. The van der Waals surface area contributed by atoms with Gasteiger partial charge < -0.3 is 14.0 Å². The maximum absolute atomic E-state index is 6.16. The number of ether oxygens (including phenoxy) is 1. The van der Waals surface area contributed by atoms with Gasteiger partial charge in [0.2, 0.25) is 0 Å². The number of hydrogen-bond donors (Lipinski definition) is 0. The van der Waals surface area contributed by atoms with Crippen LogP contribution < -0.4 is 10.2 Å². The molecule has 1 aliphatic heterocycles. The molecule has 0 radical (unpaired) electrons. The summed E-state index contributed by atoms with van der Waals surface area (Å²) in [5.74, 6) is 0.856. The molecule has 0 N–H and O–H groups in total. The molecule has 0 aliphatic carbocycles. The third kappa shape index (κ3) is 3.60. The van der Waals surface area contributed by atoms with Gasteiger partial charge in [-0.15, -0.1) is 0 Å². The zero-order chi connectivity index (χ0) is 18.2. The largest absolute Gasteiger partial charge is 0.495 e. The second-order valence-corrected chi connectivity index (χ2v) is 7.78. The van der Waals surface area contributed by atoms with Crippen LogP contribution in [0.5, 0.6) is 5.75 Å². The van der Waals surface area contributed by atoms with Crippen LogP contribution in [-0.2, 0) is 9.31 Å². The molecule has 2 aromatic rings. The lowest BCUT2D eigenvalue weighted by molar-refractivity contribution is 0.00578. The smallest absolute Gasteiger partial charge is 0.486 e. The topological polar surface area (TPSA) is 27.7 Å². The average molecular weight is 338 g/mol. The summed E-state index contributed by atoms with van der Waals surface area (Å²) >= 11 is 0. The van der Waals surface area contributed by atoms with Crippen LogP contribution in [0.2, 0.25) is 0 Å². The number of rotatable bonds is 4. The van der Waals surface area contributed by atoms with Gasteiger partial charge in [-0.25, -0.2) is 0 Å². The van der Waals surface area contributed by atoms with Crippen LogP contribution in [0.4, 0.5) is 0 Å². The van der Waals surface area contributed by atoms with Gasteiger partial charge in [-0.05, 0) is 70.3 Å². The molecule has 0 amide bonds. The van der Waals surface area contributed by atoms with E-state index in [2.05, 4.69) is 59.7 Å². The van der Waals surface area contributed by atoms with Crippen molar-refractivity contribution in [2.75, 3.05) is 0 Å². The maximum atomic E-state index is 6.16. The highest BCUT2D eigenvalue weighted by atomic mass is 16.7. The van der Waals surface area contributed by atoms with Crippen molar-refractivity contribution in [1.29, 1.82) is 0 Å². The fourth-order valence-electron chi connectivity index (χ4n) is 2.95. The van der Waals surface area contributed by atoms with Crippen LogP contribution in [0.1, 0.15) is 51.8 Å². The quantitative estimate of drug-likeness (QED) is 0.772. The van der Waals surface area contributed by atoms with Crippen molar-refractivity contribution >= 4 is 12.6 Å². The molecule has 0 saturated carbocycles. The number of benzene rings is 2. The fourth-order valence-corrected chi connectivity index (χ4v) is 2.95. The Labute approximate surface area is 151 Å². The monoisotopic (exact) mass is 338 g/mol. The van der Waals surface area contributed by atoms with Gasteiger partial charge in [0.1, 0.15) is 11.9 Å². The van der Waals surface area contributed by atoms with E-state index in [9.17, 15) is 0 Å². The molecular formula is C21H27BO3. The Morgan fingerprint density at radius 3 is 2.08 bits per heavy atom. The van der Waals surface area contributed by atoms with Gasteiger partial charge in [-0.3, -0.25) is 0 Å². The molecule has 1 saturated heterocycles. The molecule has 1 fully saturated rings. The Balaban J connectivity index is 1.76. The zero-order valence-electron chi connectivity index (χ0n) is 16.0. The molecule has 0 aromatic heterocycles. The third-order valence-electron chi connectivity index (χ3n) is 5.33. The second-order valence-electron chi connectivity index (χ2n) is 7.78. The van der Waals surface area contributed by atoms with E-state index in [1.165, 1.54) is 0 Å². The zero-order valence-corrected chi connectivity index (χ0v) is 16.0. The normalized spacial score (nSPS) is 19.7. The van der Waals surface area contributed by atoms with Gasteiger partial charge in [0.25, 0.3) is 0 Å². The molecule has 1 aliphatic rings. The minimum absolute atomic E-state index is 0.00305. The highest BCUT2D eigenvalue weighted by molar-refractivity contribution is 6.62. The molecule has 25 heavy (non-hydrogen) atoms. The van der Waals surface area contributed by atoms with E-state index in [-0.39, 0.29) is 24.4 Å². The van der Waals surface area contributed by atoms with Crippen molar-refractivity contribution in [3.8, 4) is 5.75 Å². The first-order chi connectivity index (χ1) is 11.7. The predicted molar refractivity (Wildman–Crippen MR) is 102 cm³/mol. The van der Waals surface area contributed by atoms with Crippen molar-refractivity contribution in [2.45, 2.75) is 58.8 Å². The second kappa shape index (κ2) is 6.51. The number of hydrogen-bond acceptors (Lipinski definition) is 3. The summed E-state index contributed by atoms with van der Waals surface area (Å²) < 4.78 is 18.4. The summed E-state index contributed by atoms with van der Waals surface area (Å²) in [5, 5.41) is 0. The summed E-state index contributed by atoms with van der Waals surface area (Å²) in [6.45, 7) is 12.4. The summed E-state index contributed by atoms with van der Waals surface area (Å²) in [6, 6.07) is 16.3. The highest BCUT2D eigenvalue weighted by Gasteiger charge is 2.52. The van der Waals surface area contributed by atoms with Gasteiger partial charge in [0, 0.05) is 0 Å². The van der Waals surface area contributed by atoms with E-state index < -0.39 is 0 Å². The van der Waals surface area contributed by atoms with Crippen molar-refractivity contribution in [2.24, 2.45) is 0 Å². The standard InChI is InChI=1S/C21H27BO3/c1-15-14-18(23-16(2)17-10-8-7-9-11-17)12-13-19(15)22-24-20(3,4)21(5,6)25-22/h7-14,16H,1-6H3. The van der Waals surface area contributed by atoms with Crippen molar-refractivity contribution in [1.82, 2.24) is 0 Å². The molecule has 0 spiro atoms. The van der Waals surface area contributed by atoms with Crippen LogP contribution >= 0.6 is 0 Å². The number of aryl methyl sites for hydroxylation is 1. The summed E-state index contributed by atoms with van der Waals surface area (Å²) in [5.41, 5.74) is 2.66. The van der Waals surface area contributed by atoms with Crippen molar-refractivity contribution < 1.29 is 14.0 Å². The average Bonchev–Trinajstić information content (AvgIpc) is 2.76. The lowest BCUT2D eigenvalue weighted by Gasteiger charge is -2.32. The molecule has 3 rings (SSSR count). The first-order valence-corrected chi connectivity index (χ1v) is 8.87. The molecule has 1 unspecified atom stereocenters. The molecule has 2 aromatic carbocycles. The molecular weight excluding hydrogens is 311 g/mol. The Bertz CT molecular complexity index is 724. The van der Waals surface area contributed by atoms with Gasteiger partial charge >= 0.3 is 7.12 Å². The third-order valence-corrected chi connectivity index (χ3v) is 5.33. The molecule has 1 atom stereocenters. The van der Waals surface area contributed by atoms with Crippen LogP contribution in [0.25, 0.3) is 0 Å². The van der Waals surface area contributed by atoms with Crippen molar-refractivity contribution in [3.63, 3.8) is 0 Å². The first-order valence-electron chi connectivity index (χ1n) is 8.87. The van der Waals surface area contributed by atoms with Crippen LogP contribution in [0.3, 0.4) is 0 Å². The van der Waals surface area contributed by atoms with Gasteiger partial charge in [0.15, 0.2) is 0 Å². The summed E-state index contributed by atoms with van der Waals surface area (Å²) in [7, 11) is -0.342. The van der Waals surface area contributed by atoms with Gasteiger partial charge in [-0.1, -0.05) is 36.4 Å². The van der Waals surface area contributed by atoms with E-state index in [1.54, 1.807) is 0 Å². The molecule has 132 valence electrons. The van der Waals surface area contributed by atoms with Crippen molar-refractivity contribution in [3.05, 3.63) is 59.7 Å². The van der Waals surface area contributed by atoms with Gasteiger partial charge in [-0.2, -0.15) is 0 Å². The molecule has 4 heteroatoms. The lowest BCUT2D eigenvalue weighted by atomic mass is 9.76. The van der Waals surface area contributed by atoms with E-state index in [1.807, 2.05) is 30.3 Å². The SMILES string of the molecule is Cc1cc(OC(C)c2ccccc2)ccc1B1OC(C)(C)C(C)(C)O1. The van der Waals surface area contributed by atoms with Crippen LogP contribution in [0, 0.1) is 6.92 Å². The summed E-state index contributed by atoms with van der Waals surface area (Å²) in [4.78, 5) is 0. The fraction of sp³-hybridized carbons (Fsp3) is 0.429. The minimum Gasteiger partial charge on any atom is -0.486 e. The Morgan fingerprint density at radius 2 is 1.52 bits per heavy atom. The van der Waals surface area contributed by atoms with E-state index in [4.69, 9.17) is 14.0 Å². The summed E-state index contributed by atoms with van der Waals surface area (Å²) in [6.07, 6.45) is 0.00305. The highest BCUT2D eigenvalue weighted by Crippen LogP contribution is 2.37. The van der Waals surface area contributed by atoms with Crippen LogP contribution in [-0.4, -0.2) is 18.3 Å². The molecule has 3 nitrogen and oxygen atoms in total. The predicted octanol–water partition coefficient (Wildman–Crippen LogP) is 4.43.